The summed E-state index contributed by atoms with van der Waals surface area (Å²) in [6.07, 6.45) is 0.789. The van der Waals surface area contributed by atoms with E-state index in [2.05, 4.69) is 10.1 Å². The summed E-state index contributed by atoms with van der Waals surface area (Å²) in [4.78, 5) is 40.3. The van der Waals surface area contributed by atoms with Crippen molar-refractivity contribution in [1.82, 2.24) is 5.32 Å². The van der Waals surface area contributed by atoms with Crippen LogP contribution < -0.4 is 20.3 Å². The molecule has 1 unspecified atom stereocenters. The Balaban J connectivity index is 1.48. The van der Waals surface area contributed by atoms with Crippen LogP contribution in [-0.2, 0) is 20.9 Å². The van der Waals surface area contributed by atoms with Gasteiger partial charge in [-0.15, -0.1) is 0 Å². The molecule has 2 amide bonds. The third kappa shape index (κ3) is 5.05. The molecule has 3 N–H and O–H groups in total. The maximum absolute atomic E-state index is 12.6. The molecule has 1 atom stereocenters. The van der Waals surface area contributed by atoms with E-state index >= 15 is 0 Å². The van der Waals surface area contributed by atoms with Gasteiger partial charge in [-0.3, -0.25) is 14.9 Å². The van der Waals surface area contributed by atoms with Crippen LogP contribution >= 0.6 is 0 Å². The van der Waals surface area contributed by atoms with Gasteiger partial charge in [0.25, 0.3) is 5.91 Å². The summed E-state index contributed by atoms with van der Waals surface area (Å²) in [5, 5.41) is 33.0. The van der Waals surface area contributed by atoms with E-state index in [-0.39, 0.29) is 29.1 Å². The van der Waals surface area contributed by atoms with Gasteiger partial charge in [0.2, 0.25) is 0 Å². The van der Waals surface area contributed by atoms with Gasteiger partial charge in [-0.05, 0) is 37.1 Å². The molecule has 2 aromatic rings. The zero-order chi connectivity index (χ0) is 25.8. The third-order valence-electron chi connectivity index (χ3n) is 6.39. The molecule has 12 nitrogen and oxygen atoms in total. The summed E-state index contributed by atoms with van der Waals surface area (Å²) in [6.45, 7) is 0.541. The number of rotatable bonds is 7. The molecule has 12 heteroatoms. The standard InChI is InChI=1S/C24H27N4O8/c1-35-23(31)18(13-29)25-22(30)15-6-7-20(21(12-15)28(33)34)26-10-8-17(9-11-26)27-19-5-3-2-4-16(19)14-36-24(27)32/h2-7,12,17-18,29,33H,8-11,13-14H2,1H3,(H,25,30)/q-1. The first-order chi connectivity index (χ1) is 17.3. The Morgan fingerprint density at radius 2 is 1.94 bits per heavy atom. The molecule has 0 radical (unpaired) electrons. The first-order valence-corrected chi connectivity index (χ1v) is 11.4. The van der Waals surface area contributed by atoms with Crippen molar-refractivity contribution < 1.29 is 34.2 Å². The van der Waals surface area contributed by atoms with Crippen LogP contribution in [0.3, 0.4) is 0 Å². The summed E-state index contributed by atoms with van der Waals surface area (Å²) in [5.74, 6) is -1.55. The Kier molecular flexibility index (Phi) is 7.58. The quantitative estimate of drug-likeness (QED) is 0.379. The fourth-order valence-corrected chi connectivity index (χ4v) is 4.53. The van der Waals surface area contributed by atoms with Gasteiger partial charge in [0.1, 0.15) is 6.61 Å². The molecule has 0 aliphatic carbocycles. The number of hydrogen-bond acceptors (Lipinski definition) is 10. The summed E-state index contributed by atoms with van der Waals surface area (Å²) < 4.78 is 9.86. The number of hydrogen-bond donors (Lipinski definition) is 3. The number of benzene rings is 2. The number of methoxy groups -OCH3 is 1. The van der Waals surface area contributed by atoms with Gasteiger partial charge < -0.3 is 35.2 Å². The predicted molar refractivity (Wildman–Crippen MR) is 129 cm³/mol. The summed E-state index contributed by atoms with van der Waals surface area (Å²) in [7, 11) is 1.13. The van der Waals surface area contributed by atoms with Crippen LogP contribution in [0.15, 0.2) is 42.5 Å². The Hall–Kier alpha value is -3.87. The molecule has 1 saturated heterocycles. The SMILES string of the molecule is COC(=O)C(CO)NC(=O)c1ccc(N2CCC(N3C(=O)OCc4ccccc43)CC2)c(N([O-])O)c1. The van der Waals surface area contributed by atoms with Gasteiger partial charge in [0, 0.05) is 30.3 Å². The minimum absolute atomic E-state index is 0.00792. The number of aliphatic hydroxyl groups excluding tert-OH is 1. The van der Waals surface area contributed by atoms with E-state index in [1.165, 1.54) is 18.2 Å². The highest BCUT2D eigenvalue weighted by atomic mass is 16.8. The molecule has 2 aromatic carbocycles. The number of carbonyl (C=O) groups excluding carboxylic acids is 3. The molecule has 0 spiro atoms. The van der Waals surface area contributed by atoms with E-state index < -0.39 is 30.6 Å². The monoisotopic (exact) mass is 499 g/mol. The molecule has 2 aliphatic rings. The average Bonchev–Trinajstić information content (AvgIpc) is 2.90. The number of para-hydroxylation sites is 1. The number of piperidine rings is 1. The highest BCUT2D eigenvalue weighted by Gasteiger charge is 2.34. The topological polar surface area (TPSA) is 155 Å². The fourth-order valence-electron chi connectivity index (χ4n) is 4.53. The normalized spacial score (nSPS) is 16.6. The average molecular weight is 500 g/mol. The molecule has 0 bridgehead atoms. The summed E-state index contributed by atoms with van der Waals surface area (Å²) in [5.41, 5.74) is 2.04. The molecule has 1 fully saturated rings. The number of esters is 1. The first kappa shape index (κ1) is 25.2. The third-order valence-corrected chi connectivity index (χ3v) is 6.39. The van der Waals surface area contributed by atoms with E-state index in [9.17, 15) is 29.9 Å². The number of amides is 2. The summed E-state index contributed by atoms with van der Waals surface area (Å²) >= 11 is 0. The lowest BCUT2D eigenvalue weighted by atomic mass is 9.99. The minimum atomic E-state index is -1.27. The van der Waals surface area contributed by atoms with Gasteiger partial charge in [-0.2, -0.15) is 0 Å². The highest BCUT2D eigenvalue weighted by Crippen LogP contribution is 2.35. The minimum Gasteiger partial charge on any atom is -0.733 e. The second-order valence-electron chi connectivity index (χ2n) is 8.48. The van der Waals surface area contributed by atoms with E-state index in [0.29, 0.717) is 31.6 Å². The molecule has 2 heterocycles. The van der Waals surface area contributed by atoms with Crippen molar-refractivity contribution in [3.8, 4) is 0 Å². The van der Waals surface area contributed by atoms with Gasteiger partial charge in [0.05, 0.1) is 30.8 Å². The molecular weight excluding hydrogens is 472 g/mol. The zero-order valence-corrected chi connectivity index (χ0v) is 19.6. The second kappa shape index (κ2) is 10.8. The summed E-state index contributed by atoms with van der Waals surface area (Å²) in [6, 6.07) is 10.4. The lowest BCUT2D eigenvalue weighted by molar-refractivity contribution is -0.143. The Morgan fingerprint density at radius 3 is 2.61 bits per heavy atom. The second-order valence-corrected chi connectivity index (χ2v) is 8.48. The van der Waals surface area contributed by atoms with Gasteiger partial charge in [0.15, 0.2) is 6.04 Å². The maximum atomic E-state index is 12.6. The molecule has 36 heavy (non-hydrogen) atoms. The van der Waals surface area contributed by atoms with Crippen molar-refractivity contribution in [2.24, 2.45) is 0 Å². The molecule has 0 saturated carbocycles. The van der Waals surface area contributed by atoms with Crippen LogP contribution in [0.4, 0.5) is 21.9 Å². The van der Waals surface area contributed by atoms with Crippen LogP contribution in [0.25, 0.3) is 0 Å². The number of nitrogens with zero attached hydrogens (tertiary/aromatic N) is 3. The van der Waals surface area contributed by atoms with E-state index in [1.807, 2.05) is 29.2 Å². The number of anilines is 3. The Morgan fingerprint density at radius 1 is 1.22 bits per heavy atom. The van der Waals surface area contributed by atoms with E-state index in [1.54, 1.807) is 4.90 Å². The van der Waals surface area contributed by atoms with Crippen LogP contribution in [0.2, 0.25) is 0 Å². The highest BCUT2D eigenvalue weighted by molar-refractivity contribution is 5.98. The lowest BCUT2D eigenvalue weighted by Gasteiger charge is -2.42. The molecular formula is C24H27N4O8-. The van der Waals surface area contributed by atoms with Crippen LogP contribution in [0, 0.1) is 5.21 Å². The van der Waals surface area contributed by atoms with Crippen molar-refractivity contribution >= 4 is 35.0 Å². The van der Waals surface area contributed by atoms with E-state index in [4.69, 9.17) is 4.74 Å². The smallest absolute Gasteiger partial charge is 0.414 e. The van der Waals surface area contributed by atoms with Crippen LogP contribution in [-0.4, -0.2) is 67.2 Å². The van der Waals surface area contributed by atoms with Crippen molar-refractivity contribution in [2.75, 3.05) is 41.8 Å². The van der Waals surface area contributed by atoms with Crippen molar-refractivity contribution in [1.29, 1.82) is 0 Å². The fraction of sp³-hybridized carbons (Fsp3) is 0.375. The zero-order valence-electron chi connectivity index (χ0n) is 19.6. The largest absolute Gasteiger partial charge is 0.733 e. The first-order valence-electron chi connectivity index (χ1n) is 11.4. The maximum Gasteiger partial charge on any atom is 0.414 e. The number of carbonyl (C=O) groups is 3. The molecule has 192 valence electrons. The van der Waals surface area contributed by atoms with E-state index in [0.717, 1.165) is 18.4 Å². The molecule has 0 aromatic heterocycles. The van der Waals surface area contributed by atoms with Crippen LogP contribution in [0.1, 0.15) is 28.8 Å². The van der Waals surface area contributed by atoms with Crippen LogP contribution in [0.5, 0.6) is 0 Å². The van der Waals surface area contributed by atoms with Gasteiger partial charge in [-0.25, -0.2) is 9.59 Å². The molecule has 2 aliphatic heterocycles. The van der Waals surface area contributed by atoms with Crippen molar-refractivity contribution in [2.45, 2.75) is 31.5 Å². The Labute approximate surface area is 207 Å². The lowest BCUT2D eigenvalue weighted by Crippen LogP contribution is -2.49. The predicted octanol–water partition coefficient (Wildman–Crippen LogP) is 1.77. The van der Waals surface area contributed by atoms with Crippen molar-refractivity contribution in [3.05, 3.63) is 58.8 Å². The number of nitrogens with one attached hydrogen (secondary N) is 1. The number of cyclic esters (lactones) is 1. The molecule has 4 rings (SSSR count). The number of fused-ring (bicyclic) bond motifs is 1. The number of ether oxygens (including phenoxy) is 2. The van der Waals surface area contributed by atoms with Gasteiger partial charge in [-0.1, -0.05) is 18.2 Å². The number of aliphatic hydroxyl groups is 1. The van der Waals surface area contributed by atoms with Gasteiger partial charge >= 0.3 is 12.1 Å². The Bertz CT molecular complexity index is 1130. The van der Waals surface area contributed by atoms with Crippen molar-refractivity contribution in [3.63, 3.8) is 0 Å².